The molecule has 0 saturated heterocycles. The van der Waals surface area contributed by atoms with Gasteiger partial charge >= 0.3 is 0 Å². The van der Waals surface area contributed by atoms with Crippen LogP contribution in [0.3, 0.4) is 0 Å². The van der Waals surface area contributed by atoms with E-state index in [0.29, 0.717) is 47.3 Å². The van der Waals surface area contributed by atoms with E-state index in [1.54, 1.807) is 22.8 Å². The summed E-state index contributed by atoms with van der Waals surface area (Å²) in [4.78, 5) is 29.2. The number of carbonyl (C=O) groups excluding carboxylic acids is 1. The fraction of sp³-hybridized carbons (Fsp3) is 0.389. The normalized spacial score (nSPS) is 10.7. The molecule has 138 valence electrons. The zero-order valence-corrected chi connectivity index (χ0v) is 16.0. The molecule has 0 fully saturated rings. The van der Waals surface area contributed by atoms with E-state index in [9.17, 15) is 9.59 Å². The Morgan fingerprint density at radius 1 is 1.50 bits per heavy atom. The number of nitrogens with one attached hydrogen (secondary N) is 1. The first kappa shape index (κ1) is 20.3. The number of ether oxygens (including phenoxy) is 1. The summed E-state index contributed by atoms with van der Waals surface area (Å²) >= 11 is 7.20. The lowest BCUT2D eigenvalue weighted by Gasteiger charge is -2.13. The summed E-state index contributed by atoms with van der Waals surface area (Å²) in [5.74, 6) is 2.25. The molecule has 0 aliphatic carbocycles. The number of aromatic nitrogens is 2. The van der Waals surface area contributed by atoms with Gasteiger partial charge in [0.1, 0.15) is 0 Å². The third-order valence-electron chi connectivity index (χ3n) is 3.48. The van der Waals surface area contributed by atoms with Crippen LogP contribution in [-0.2, 0) is 16.1 Å². The van der Waals surface area contributed by atoms with E-state index in [2.05, 4.69) is 16.2 Å². The van der Waals surface area contributed by atoms with Crippen LogP contribution in [0.4, 0.5) is 0 Å². The minimum absolute atomic E-state index is 0.117. The second-order valence-electron chi connectivity index (χ2n) is 5.33. The largest absolute Gasteiger partial charge is 0.382 e. The van der Waals surface area contributed by atoms with Crippen molar-refractivity contribution in [3.63, 3.8) is 0 Å². The van der Waals surface area contributed by atoms with Crippen molar-refractivity contribution in [3.05, 3.63) is 33.6 Å². The fourth-order valence-electron chi connectivity index (χ4n) is 2.28. The number of halogens is 1. The summed E-state index contributed by atoms with van der Waals surface area (Å²) in [7, 11) is 0. The lowest BCUT2D eigenvalue weighted by atomic mass is 10.2. The van der Waals surface area contributed by atoms with Gasteiger partial charge in [0.2, 0.25) is 5.91 Å². The van der Waals surface area contributed by atoms with Gasteiger partial charge in [0.15, 0.2) is 5.16 Å². The van der Waals surface area contributed by atoms with Crippen LogP contribution in [-0.4, -0.2) is 41.0 Å². The Balaban J connectivity index is 2.29. The van der Waals surface area contributed by atoms with Crippen molar-refractivity contribution in [3.8, 4) is 12.3 Å². The molecule has 0 saturated carbocycles. The fourth-order valence-corrected chi connectivity index (χ4v) is 3.30. The van der Waals surface area contributed by atoms with Crippen LogP contribution < -0.4 is 10.9 Å². The summed E-state index contributed by atoms with van der Waals surface area (Å²) in [6.07, 6.45) is 5.80. The Hall–Kier alpha value is -2.01. The van der Waals surface area contributed by atoms with Crippen molar-refractivity contribution in [2.24, 2.45) is 0 Å². The highest BCUT2D eigenvalue weighted by Crippen LogP contribution is 2.20. The lowest BCUT2D eigenvalue weighted by molar-refractivity contribution is -0.118. The summed E-state index contributed by atoms with van der Waals surface area (Å²) in [6, 6.07) is 4.98. The first-order chi connectivity index (χ1) is 12.6. The Kier molecular flexibility index (Phi) is 7.98. The predicted octanol–water partition coefficient (Wildman–Crippen LogP) is 2.32. The number of amides is 1. The zero-order valence-electron chi connectivity index (χ0n) is 14.5. The highest BCUT2D eigenvalue weighted by Gasteiger charge is 2.13. The third-order valence-corrected chi connectivity index (χ3v) is 4.69. The van der Waals surface area contributed by atoms with Gasteiger partial charge in [0, 0.05) is 24.8 Å². The number of benzene rings is 1. The standard InChI is InChI=1S/C18H20ClN3O3S/c1-3-8-20-16(23)12-26-18-21-15-11-13(19)6-7-14(15)17(24)22(18)9-5-10-25-4-2/h1,6-7,11H,4-5,8-10,12H2,2H3,(H,20,23). The van der Waals surface area contributed by atoms with E-state index >= 15 is 0 Å². The van der Waals surface area contributed by atoms with Crippen molar-refractivity contribution in [2.75, 3.05) is 25.5 Å². The molecule has 0 unspecified atom stereocenters. The lowest BCUT2D eigenvalue weighted by Crippen LogP contribution is -2.27. The molecule has 1 aromatic carbocycles. The maximum Gasteiger partial charge on any atom is 0.262 e. The first-order valence-electron chi connectivity index (χ1n) is 8.17. The van der Waals surface area contributed by atoms with Crippen molar-refractivity contribution in [1.82, 2.24) is 14.9 Å². The number of hydrogen-bond donors (Lipinski definition) is 1. The van der Waals surface area contributed by atoms with Gasteiger partial charge in [-0.1, -0.05) is 29.3 Å². The highest BCUT2D eigenvalue weighted by atomic mass is 35.5. The second kappa shape index (κ2) is 10.2. The monoisotopic (exact) mass is 393 g/mol. The molecule has 0 atom stereocenters. The van der Waals surface area contributed by atoms with E-state index in [1.807, 2.05) is 6.92 Å². The Bertz CT molecular complexity index is 876. The number of thioether (sulfide) groups is 1. The average molecular weight is 394 g/mol. The molecule has 0 spiro atoms. The van der Waals surface area contributed by atoms with Gasteiger partial charge in [-0.05, 0) is 31.5 Å². The van der Waals surface area contributed by atoms with Gasteiger partial charge in [-0.3, -0.25) is 14.2 Å². The van der Waals surface area contributed by atoms with E-state index in [0.717, 1.165) is 0 Å². The summed E-state index contributed by atoms with van der Waals surface area (Å²) in [6.45, 7) is 3.72. The molecule has 0 aliphatic heterocycles. The van der Waals surface area contributed by atoms with Gasteiger partial charge < -0.3 is 10.1 Å². The number of nitrogens with zero attached hydrogens (tertiary/aromatic N) is 2. The minimum atomic E-state index is -0.214. The van der Waals surface area contributed by atoms with Crippen LogP contribution in [0.5, 0.6) is 0 Å². The van der Waals surface area contributed by atoms with Crippen molar-refractivity contribution in [2.45, 2.75) is 25.0 Å². The number of hydrogen-bond acceptors (Lipinski definition) is 5. The molecule has 6 nitrogen and oxygen atoms in total. The van der Waals surface area contributed by atoms with Crippen molar-refractivity contribution >= 4 is 40.2 Å². The van der Waals surface area contributed by atoms with Gasteiger partial charge in [-0.15, -0.1) is 6.42 Å². The molecule has 1 heterocycles. The minimum Gasteiger partial charge on any atom is -0.382 e. The molecule has 8 heteroatoms. The molecule has 0 aliphatic rings. The van der Waals surface area contributed by atoms with Crippen molar-refractivity contribution < 1.29 is 9.53 Å². The van der Waals surface area contributed by atoms with Crippen LogP contribution >= 0.6 is 23.4 Å². The quantitative estimate of drug-likeness (QED) is 0.306. The molecular formula is C18H20ClN3O3S. The van der Waals surface area contributed by atoms with E-state index in [4.69, 9.17) is 22.8 Å². The van der Waals surface area contributed by atoms with Crippen LogP contribution in [0.15, 0.2) is 28.2 Å². The summed E-state index contributed by atoms with van der Waals surface area (Å²) in [5, 5.41) is 4.05. The Morgan fingerprint density at radius 3 is 3.04 bits per heavy atom. The summed E-state index contributed by atoms with van der Waals surface area (Å²) in [5.41, 5.74) is 0.352. The number of rotatable bonds is 9. The molecule has 2 aromatic rings. The molecular weight excluding hydrogens is 374 g/mol. The third kappa shape index (κ3) is 5.49. The van der Waals surface area contributed by atoms with Crippen LogP contribution in [0.25, 0.3) is 10.9 Å². The average Bonchev–Trinajstić information content (AvgIpc) is 2.63. The number of carbonyl (C=O) groups is 1. The van der Waals surface area contributed by atoms with Crippen LogP contribution in [0.1, 0.15) is 13.3 Å². The molecule has 26 heavy (non-hydrogen) atoms. The van der Waals surface area contributed by atoms with E-state index in [-0.39, 0.29) is 23.8 Å². The smallest absolute Gasteiger partial charge is 0.262 e. The van der Waals surface area contributed by atoms with E-state index < -0.39 is 0 Å². The molecule has 1 aromatic heterocycles. The number of terminal acetylenes is 1. The van der Waals surface area contributed by atoms with E-state index in [1.165, 1.54) is 11.8 Å². The summed E-state index contributed by atoms with van der Waals surface area (Å²) < 4.78 is 6.92. The van der Waals surface area contributed by atoms with Crippen molar-refractivity contribution in [1.29, 1.82) is 0 Å². The maximum atomic E-state index is 12.8. The second-order valence-corrected chi connectivity index (χ2v) is 6.71. The zero-order chi connectivity index (χ0) is 18.9. The maximum absolute atomic E-state index is 12.8. The number of fused-ring (bicyclic) bond motifs is 1. The SMILES string of the molecule is C#CCNC(=O)CSc1nc2cc(Cl)ccc2c(=O)n1CCCOCC. The molecule has 2 rings (SSSR count). The first-order valence-corrected chi connectivity index (χ1v) is 9.54. The molecule has 1 N–H and O–H groups in total. The van der Waals surface area contributed by atoms with Gasteiger partial charge in [0.05, 0.1) is 23.2 Å². The van der Waals surface area contributed by atoms with Gasteiger partial charge in [-0.25, -0.2) is 4.98 Å². The van der Waals surface area contributed by atoms with Crippen LogP contribution in [0, 0.1) is 12.3 Å². The Morgan fingerprint density at radius 2 is 2.31 bits per heavy atom. The highest BCUT2D eigenvalue weighted by molar-refractivity contribution is 7.99. The van der Waals surface area contributed by atoms with Gasteiger partial charge in [0.25, 0.3) is 5.56 Å². The molecule has 1 amide bonds. The van der Waals surface area contributed by atoms with Crippen LogP contribution in [0.2, 0.25) is 5.02 Å². The topological polar surface area (TPSA) is 73.2 Å². The molecule has 0 bridgehead atoms. The predicted molar refractivity (Wildman–Crippen MR) is 105 cm³/mol. The molecule has 0 radical (unpaired) electrons. The Labute approximate surface area is 161 Å². The van der Waals surface area contributed by atoms with Gasteiger partial charge in [-0.2, -0.15) is 0 Å².